The molecule has 6 heteroatoms. The van der Waals surface area contributed by atoms with Gasteiger partial charge in [0.25, 0.3) is 0 Å². The fourth-order valence-corrected chi connectivity index (χ4v) is 3.50. The maximum absolute atomic E-state index is 11.9. The second-order valence-corrected chi connectivity index (χ2v) is 6.97. The van der Waals surface area contributed by atoms with Crippen molar-refractivity contribution in [1.82, 2.24) is 0 Å². The predicted octanol–water partition coefficient (Wildman–Crippen LogP) is 5.68. The summed E-state index contributed by atoms with van der Waals surface area (Å²) in [5, 5.41) is 1.01. The lowest BCUT2D eigenvalue weighted by Crippen LogP contribution is -1.98. The Morgan fingerprint density at radius 3 is 2.50 bits per heavy atom. The summed E-state index contributed by atoms with van der Waals surface area (Å²) in [7, 11) is 0. The van der Waals surface area contributed by atoms with Crippen LogP contribution in [0.5, 0.6) is 0 Å². The summed E-state index contributed by atoms with van der Waals surface area (Å²) in [4.78, 5) is 13.4. The van der Waals surface area contributed by atoms with E-state index in [2.05, 4.69) is 0 Å². The van der Waals surface area contributed by atoms with Crippen LogP contribution in [-0.4, -0.2) is 11.5 Å². The van der Waals surface area contributed by atoms with Gasteiger partial charge < -0.3 is 0 Å². The molecule has 0 unspecified atom stereocenters. The van der Waals surface area contributed by atoms with Crippen LogP contribution >= 0.6 is 57.9 Å². The van der Waals surface area contributed by atoms with Gasteiger partial charge in [0.05, 0.1) is 25.0 Å². The molecule has 94 valence electrons. The summed E-state index contributed by atoms with van der Waals surface area (Å²) in [6.07, 6.45) is 0. The summed E-state index contributed by atoms with van der Waals surface area (Å²) in [6, 6.07) is 8.78. The second-order valence-electron chi connectivity index (χ2n) is 3.39. The van der Waals surface area contributed by atoms with Crippen molar-refractivity contribution in [3.05, 3.63) is 49.6 Å². The molecule has 0 fully saturated rings. The van der Waals surface area contributed by atoms with Crippen molar-refractivity contribution < 1.29 is 4.79 Å². The quantitative estimate of drug-likeness (QED) is 0.527. The highest BCUT2D eigenvalue weighted by Crippen LogP contribution is 2.29. The fourth-order valence-electron chi connectivity index (χ4n) is 1.25. The molecule has 0 atom stereocenters. The largest absolute Gasteiger partial charge is 0.292 e. The zero-order valence-corrected chi connectivity index (χ0v) is 12.9. The average Bonchev–Trinajstić information content (AvgIpc) is 2.77. The highest BCUT2D eigenvalue weighted by Gasteiger charge is 2.10. The third-order valence-electron chi connectivity index (χ3n) is 2.11. The molecule has 1 heterocycles. The number of thiophene rings is 1. The standard InChI is InChI=1S/C12H7Cl3OS2/c13-8-2-1-7(5-9(8)14)17-6-10(16)11-3-4-12(15)18-11/h1-5H,6H2. The maximum Gasteiger partial charge on any atom is 0.183 e. The van der Waals surface area contributed by atoms with Gasteiger partial charge >= 0.3 is 0 Å². The minimum atomic E-state index is 0.0583. The van der Waals surface area contributed by atoms with Crippen LogP contribution in [0.4, 0.5) is 0 Å². The molecule has 0 aliphatic carbocycles. The minimum absolute atomic E-state index is 0.0583. The lowest BCUT2D eigenvalue weighted by atomic mass is 10.3. The Labute approximate surface area is 128 Å². The van der Waals surface area contributed by atoms with E-state index in [-0.39, 0.29) is 5.78 Å². The number of hydrogen-bond acceptors (Lipinski definition) is 3. The number of carbonyl (C=O) groups is 1. The highest BCUT2D eigenvalue weighted by molar-refractivity contribution is 8.00. The number of hydrogen-bond donors (Lipinski definition) is 0. The van der Waals surface area contributed by atoms with Crippen molar-refractivity contribution in [3.63, 3.8) is 0 Å². The normalized spacial score (nSPS) is 10.6. The first kappa shape index (κ1) is 14.2. The third kappa shape index (κ3) is 3.65. The number of ketones is 1. The molecule has 1 nitrogen and oxygen atoms in total. The molecule has 1 aromatic heterocycles. The van der Waals surface area contributed by atoms with Gasteiger partial charge in [-0.2, -0.15) is 0 Å². The molecule has 0 aliphatic rings. The van der Waals surface area contributed by atoms with E-state index in [4.69, 9.17) is 34.8 Å². The van der Waals surface area contributed by atoms with Crippen molar-refractivity contribution in [3.8, 4) is 0 Å². The van der Waals surface area contributed by atoms with E-state index in [0.717, 1.165) is 4.90 Å². The zero-order chi connectivity index (χ0) is 13.1. The van der Waals surface area contributed by atoms with Crippen molar-refractivity contribution in [2.75, 3.05) is 5.75 Å². The minimum Gasteiger partial charge on any atom is -0.292 e. The van der Waals surface area contributed by atoms with Gasteiger partial charge in [0.1, 0.15) is 0 Å². The van der Waals surface area contributed by atoms with Crippen LogP contribution in [0, 0.1) is 0 Å². The van der Waals surface area contributed by atoms with Gasteiger partial charge in [-0.05, 0) is 30.3 Å². The molecule has 2 rings (SSSR count). The first-order chi connectivity index (χ1) is 8.56. The molecule has 0 N–H and O–H groups in total. The first-order valence-corrected chi connectivity index (χ1v) is 7.86. The van der Waals surface area contributed by atoms with Crippen LogP contribution in [0.15, 0.2) is 35.2 Å². The van der Waals surface area contributed by atoms with Crippen LogP contribution in [0.2, 0.25) is 14.4 Å². The van der Waals surface area contributed by atoms with E-state index in [0.29, 0.717) is 25.0 Å². The van der Waals surface area contributed by atoms with Gasteiger partial charge in [0.2, 0.25) is 0 Å². The second kappa shape index (κ2) is 6.31. The number of Topliss-reactive ketones (excluding diaryl/α,β-unsaturated/α-hetero) is 1. The molecule has 0 amide bonds. The number of halogens is 3. The fraction of sp³-hybridized carbons (Fsp3) is 0.0833. The van der Waals surface area contributed by atoms with Crippen molar-refractivity contribution in [2.24, 2.45) is 0 Å². The molecule has 0 bridgehead atoms. The Morgan fingerprint density at radius 2 is 1.89 bits per heavy atom. The van der Waals surface area contributed by atoms with Crippen LogP contribution < -0.4 is 0 Å². The van der Waals surface area contributed by atoms with Crippen molar-refractivity contribution in [2.45, 2.75) is 4.90 Å². The van der Waals surface area contributed by atoms with E-state index in [9.17, 15) is 4.79 Å². The van der Waals surface area contributed by atoms with Crippen LogP contribution in [0.25, 0.3) is 0 Å². The van der Waals surface area contributed by atoms with E-state index < -0.39 is 0 Å². The highest BCUT2D eigenvalue weighted by atomic mass is 35.5. The lowest BCUT2D eigenvalue weighted by molar-refractivity contribution is 0.102. The third-order valence-corrected chi connectivity index (χ3v) is 5.11. The van der Waals surface area contributed by atoms with E-state index in [1.54, 1.807) is 24.3 Å². The van der Waals surface area contributed by atoms with Gasteiger partial charge in [-0.15, -0.1) is 23.1 Å². The Balaban J connectivity index is 1.99. The summed E-state index contributed by atoms with van der Waals surface area (Å²) in [6.45, 7) is 0. The average molecular weight is 338 g/mol. The smallest absolute Gasteiger partial charge is 0.183 e. The predicted molar refractivity (Wildman–Crippen MR) is 80.8 cm³/mol. The molecule has 0 radical (unpaired) electrons. The summed E-state index contributed by atoms with van der Waals surface area (Å²) >= 11 is 20.2. The summed E-state index contributed by atoms with van der Waals surface area (Å²) in [5.74, 6) is 0.414. The van der Waals surface area contributed by atoms with Gasteiger partial charge in [-0.1, -0.05) is 34.8 Å². The molecule has 2 aromatic rings. The van der Waals surface area contributed by atoms with Crippen molar-refractivity contribution >= 4 is 63.7 Å². The van der Waals surface area contributed by atoms with Gasteiger partial charge in [-0.3, -0.25) is 4.79 Å². The van der Waals surface area contributed by atoms with E-state index in [1.165, 1.54) is 23.1 Å². The van der Waals surface area contributed by atoms with Crippen LogP contribution in [-0.2, 0) is 0 Å². The van der Waals surface area contributed by atoms with E-state index >= 15 is 0 Å². The Hall–Kier alpha value is -0.190. The Morgan fingerprint density at radius 1 is 1.11 bits per heavy atom. The number of carbonyl (C=O) groups excluding carboxylic acids is 1. The molecule has 0 saturated heterocycles. The zero-order valence-electron chi connectivity index (χ0n) is 8.95. The topological polar surface area (TPSA) is 17.1 Å². The summed E-state index contributed by atoms with van der Waals surface area (Å²) < 4.78 is 0.623. The molecular weight excluding hydrogens is 331 g/mol. The molecule has 0 saturated carbocycles. The lowest BCUT2D eigenvalue weighted by Gasteiger charge is -2.02. The number of rotatable bonds is 4. The Bertz CT molecular complexity index is 580. The molecular formula is C12H7Cl3OS2. The van der Waals surface area contributed by atoms with Gasteiger partial charge in [-0.25, -0.2) is 0 Å². The number of benzene rings is 1. The molecule has 0 spiro atoms. The summed E-state index contributed by atoms with van der Waals surface area (Å²) in [5.41, 5.74) is 0. The Kier molecular flexibility index (Phi) is 4.98. The maximum atomic E-state index is 11.9. The van der Waals surface area contributed by atoms with Gasteiger partial charge in [0.15, 0.2) is 5.78 Å². The first-order valence-electron chi connectivity index (χ1n) is 4.92. The van der Waals surface area contributed by atoms with Crippen LogP contribution in [0.3, 0.4) is 0 Å². The molecule has 18 heavy (non-hydrogen) atoms. The van der Waals surface area contributed by atoms with Crippen LogP contribution in [0.1, 0.15) is 9.67 Å². The molecule has 1 aromatic carbocycles. The van der Waals surface area contributed by atoms with E-state index in [1.807, 2.05) is 6.07 Å². The molecule has 0 aliphatic heterocycles. The SMILES string of the molecule is O=C(CSc1ccc(Cl)c(Cl)c1)c1ccc(Cl)s1. The monoisotopic (exact) mass is 336 g/mol. The number of thioether (sulfide) groups is 1. The van der Waals surface area contributed by atoms with Gasteiger partial charge in [0, 0.05) is 4.90 Å². The van der Waals surface area contributed by atoms with Crippen molar-refractivity contribution in [1.29, 1.82) is 0 Å².